The molecule has 0 N–H and O–H groups in total. The summed E-state index contributed by atoms with van der Waals surface area (Å²) in [6.45, 7) is 5.52. The van der Waals surface area contributed by atoms with Gasteiger partial charge in [0.15, 0.2) is 14.0 Å². The topological polar surface area (TPSA) is 101 Å². The standard InChI is InChI=1S/C17H24N6O3S2/c1-28(24,25)16-15(20-21-27-16)14-3-2-4-22(12-14)11-13-9-18-17(19-10-13)23-5-7-26-8-6-23/h9-10,14H,2-8,11-12H2,1H3/t14-/m1/s1. The van der Waals surface area contributed by atoms with E-state index in [1.165, 1.54) is 6.26 Å². The Bertz CT molecular complexity index is 896. The molecule has 0 spiro atoms. The van der Waals surface area contributed by atoms with E-state index in [4.69, 9.17) is 4.74 Å². The van der Waals surface area contributed by atoms with Gasteiger partial charge in [0.2, 0.25) is 5.95 Å². The maximum atomic E-state index is 12.0. The normalized spacial score (nSPS) is 21.8. The van der Waals surface area contributed by atoms with Gasteiger partial charge < -0.3 is 9.64 Å². The number of hydrogen-bond donors (Lipinski definition) is 0. The maximum absolute atomic E-state index is 12.0. The van der Waals surface area contributed by atoms with Crippen LogP contribution in [0.3, 0.4) is 0 Å². The molecule has 0 unspecified atom stereocenters. The van der Waals surface area contributed by atoms with Gasteiger partial charge in [-0.1, -0.05) is 4.49 Å². The minimum atomic E-state index is -3.29. The SMILES string of the molecule is CS(=O)(=O)c1snnc1[C@@H]1CCCN(Cc2cnc(N3CCOCC3)nc2)C1. The first kappa shape index (κ1) is 19.6. The Kier molecular flexibility index (Phi) is 5.85. The molecule has 2 aromatic rings. The summed E-state index contributed by atoms with van der Waals surface area (Å²) in [5.41, 5.74) is 1.67. The molecular weight excluding hydrogens is 400 g/mol. The van der Waals surface area contributed by atoms with Crippen LogP contribution in [0.25, 0.3) is 0 Å². The maximum Gasteiger partial charge on any atom is 0.225 e. The average Bonchev–Trinajstić information content (AvgIpc) is 3.20. The molecule has 2 aromatic heterocycles. The number of likely N-dealkylation sites (tertiary alicyclic amines) is 1. The highest BCUT2D eigenvalue weighted by atomic mass is 32.2. The molecule has 28 heavy (non-hydrogen) atoms. The van der Waals surface area contributed by atoms with Gasteiger partial charge in [0.1, 0.15) is 0 Å². The lowest BCUT2D eigenvalue weighted by Gasteiger charge is -2.32. The zero-order chi connectivity index (χ0) is 19.6. The number of morpholine rings is 1. The van der Waals surface area contributed by atoms with E-state index in [-0.39, 0.29) is 5.92 Å². The van der Waals surface area contributed by atoms with E-state index in [0.29, 0.717) is 23.1 Å². The minimum Gasteiger partial charge on any atom is -0.378 e. The smallest absolute Gasteiger partial charge is 0.225 e. The van der Waals surface area contributed by atoms with Crippen LogP contribution in [0.15, 0.2) is 16.6 Å². The van der Waals surface area contributed by atoms with Gasteiger partial charge in [-0.05, 0) is 19.4 Å². The van der Waals surface area contributed by atoms with Crippen molar-refractivity contribution in [1.82, 2.24) is 24.5 Å². The van der Waals surface area contributed by atoms with Gasteiger partial charge in [0.05, 0.1) is 18.9 Å². The number of ether oxygens (including phenoxy) is 1. The van der Waals surface area contributed by atoms with Crippen molar-refractivity contribution in [2.45, 2.75) is 29.5 Å². The van der Waals surface area contributed by atoms with Gasteiger partial charge in [-0.3, -0.25) is 4.90 Å². The molecule has 2 saturated heterocycles. The predicted octanol–water partition coefficient (Wildman–Crippen LogP) is 0.948. The van der Waals surface area contributed by atoms with E-state index in [1.54, 1.807) is 0 Å². The summed E-state index contributed by atoms with van der Waals surface area (Å²) in [4.78, 5) is 13.5. The van der Waals surface area contributed by atoms with Gasteiger partial charge in [-0.25, -0.2) is 18.4 Å². The van der Waals surface area contributed by atoms with Crippen LogP contribution >= 0.6 is 11.5 Å². The van der Waals surface area contributed by atoms with Gasteiger partial charge in [0.25, 0.3) is 0 Å². The number of anilines is 1. The fourth-order valence-corrected chi connectivity index (χ4v) is 5.46. The van der Waals surface area contributed by atoms with Crippen LogP contribution in [-0.2, 0) is 21.1 Å². The van der Waals surface area contributed by atoms with Gasteiger partial charge in [-0.2, -0.15) is 0 Å². The number of rotatable bonds is 5. The van der Waals surface area contributed by atoms with Crippen molar-refractivity contribution in [1.29, 1.82) is 0 Å². The molecule has 0 amide bonds. The summed E-state index contributed by atoms with van der Waals surface area (Å²) in [5, 5.41) is 4.13. The number of hydrogen-bond acceptors (Lipinski definition) is 10. The van der Waals surface area contributed by atoms with Crippen LogP contribution in [-0.4, -0.2) is 78.5 Å². The second kappa shape index (κ2) is 8.36. The Morgan fingerprint density at radius 3 is 2.68 bits per heavy atom. The molecule has 0 aromatic carbocycles. The Morgan fingerprint density at radius 2 is 1.96 bits per heavy atom. The second-order valence-corrected chi connectivity index (χ2v) is 10.2. The molecular formula is C17H24N6O3S2. The van der Waals surface area contributed by atoms with Crippen molar-refractivity contribution < 1.29 is 13.2 Å². The van der Waals surface area contributed by atoms with Crippen LogP contribution in [0.5, 0.6) is 0 Å². The first-order chi connectivity index (χ1) is 13.5. The van der Waals surface area contributed by atoms with Crippen LogP contribution in [0.4, 0.5) is 5.95 Å². The van der Waals surface area contributed by atoms with Gasteiger partial charge in [-0.15, -0.1) is 5.10 Å². The highest BCUT2D eigenvalue weighted by molar-refractivity contribution is 7.92. The summed E-state index contributed by atoms with van der Waals surface area (Å²) in [6, 6.07) is 0. The zero-order valence-corrected chi connectivity index (χ0v) is 17.5. The Balaban J connectivity index is 1.41. The van der Waals surface area contributed by atoms with Crippen molar-refractivity contribution in [3.63, 3.8) is 0 Å². The van der Waals surface area contributed by atoms with Crippen LogP contribution in [0.1, 0.15) is 30.0 Å². The lowest BCUT2D eigenvalue weighted by Crippen LogP contribution is -2.37. The van der Waals surface area contributed by atoms with Crippen LogP contribution in [0, 0.1) is 0 Å². The molecule has 11 heteroatoms. The van der Waals surface area contributed by atoms with Gasteiger partial charge in [0, 0.05) is 67.8 Å². The molecule has 0 saturated carbocycles. The summed E-state index contributed by atoms with van der Waals surface area (Å²) in [5.74, 6) is 0.834. The lowest BCUT2D eigenvalue weighted by molar-refractivity contribution is 0.122. The number of aromatic nitrogens is 4. The molecule has 2 aliphatic rings. The van der Waals surface area contributed by atoms with Crippen molar-refractivity contribution in [3.05, 3.63) is 23.7 Å². The Hall–Kier alpha value is -1.69. The third kappa shape index (κ3) is 4.48. The molecule has 2 fully saturated rings. The summed E-state index contributed by atoms with van der Waals surface area (Å²) in [7, 11) is -3.29. The molecule has 4 rings (SSSR count). The van der Waals surface area contributed by atoms with E-state index >= 15 is 0 Å². The summed E-state index contributed by atoms with van der Waals surface area (Å²) in [6.07, 6.45) is 6.91. The number of nitrogens with zero attached hydrogens (tertiary/aromatic N) is 6. The molecule has 0 bridgehead atoms. The third-order valence-corrected chi connectivity index (χ3v) is 7.66. The Morgan fingerprint density at radius 1 is 1.21 bits per heavy atom. The summed E-state index contributed by atoms with van der Waals surface area (Å²) < 4.78 is 33.5. The second-order valence-electron chi connectivity index (χ2n) is 7.28. The van der Waals surface area contributed by atoms with Crippen molar-refractivity contribution in [2.75, 3.05) is 50.5 Å². The van der Waals surface area contributed by atoms with Crippen molar-refractivity contribution in [3.8, 4) is 0 Å². The van der Waals surface area contributed by atoms with Crippen molar-refractivity contribution >= 4 is 27.3 Å². The molecule has 0 aliphatic carbocycles. The average molecular weight is 425 g/mol. The first-order valence-corrected chi connectivity index (χ1v) is 12.1. The minimum absolute atomic E-state index is 0.0887. The highest BCUT2D eigenvalue weighted by Gasteiger charge is 2.29. The lowest BCUT2D eigenvalue weighted by atomic mass is 9.95. The van der Waals surface area contributed by atoms with E-state index in [0.717, 1.165) is 68.6 Å². The summed E-state index contributed by atoms with van der Waals surface area (Å²) >= 11 is 0.969. The largest absolute Gasteiger partial charge is 0.378 e. The monoisotopic (exact) mass is 424 g/mol. The molecule has 9 nitrogen and oxygen atoms in total. The Labute approximate surface area is 168 Å². The molecule has 1 atom stereocenters. The van der Waals surface area contributed by atoms with E-state index in [1.807, 2.05) is 12.4 Å². The van der Waals surface area contributed by atoms with Gasteiger partial charge >= 0.3 is 0 Å². The fourth-order valence-electron chi connectivity index (χ4n) is 3.73. The molecule has 0 radical (unpaired) electrons. The predicted molar refractivity (Wildman–Crippen MR) is 105 cm³/mol. The molecule has 152 valence electrons. The number of piperidine rings is 1. The quantitative estimate of drug-likeness (QED) is 0.694. The fraction of sp³-hybridized carbons (Fsp3) is 0.647. The van der Waals surface area contributed by atoms with E-state index < -0.39 is 9.84 Å². The highest BCUT2D eigenvalue weighted by Crippen LogP contribution is 2.32. The van der Waals surface area contributed by atoms with E-state index in [2.05, 4.69) is 29.4 Å². The van der Waals surface area contributed by atoms with Crippen LogP contribution < -0.4 is 4.90 Å². The molecule has 2 aliphatic heterocycles. The van der Waals surface area contributed by atoms with Crippen molar-refractivity contribution in [2.24, 2.45) is 0 Å². The van der Waals surface area contributed by atoms with Crippen LogP contribution in [0.2, 0.25) is 0 Å². The number of sulfone groups is 1. The third-order valence-electron chi connectivity index (χ3n) is 5.10. The molecule has 4 heterocycles. The zero-order valence-electron chi connectivity index (χ0n) is 15.8. The first-order valence-electron chi connectivity index (χ1n) is 9.39. The van der Waals surface area contributed by atoms with E-state index in [9.17, 15) is 8.42 Å².